The van der Waals surface area contributed by atoms with Crippen molar-refractivity contribution in [3.8, 4) is 0 Å². The number of hydrogen-bond acceptors (Lipinski definition) is 2. The van der Waals surface area contributed by atoms with E-state index in [1.165, 1.54) is 18.4 Å². The molecular formula is C21H36O2. The van der Waals surface area contributed by atoms with E-state index >= 15 is 0 Å². The van der Waals surface area contributed by atoms with E-state index in [1.807, 2.05) is 0 Å². The summed E-state index contributed by atoms with van der Waals surface area (Å²) in [6.45, 7) is 6.60. The van der Waals surface area contributed by atoms with Gasteiger partial charge in [-0.1, -0.05) is 38.3 Å². The van der Waals surface area contributed by atoms with E-state index in [2.05, 4.69) is 26.8 Å². The molecule has 0 spiro atoms. The topological polar surface area (TPSA) is 34.1 Å². The van der Waals surface area contributed by atoms with Gasteiger partial charge in [-0.3, -0.25) is 9.59 Å². The molecule has 23 heavy (non-hydrogen) atoms. The van der Waals surface area contributed by atoms with Gasteiger partial charge >= 0.3 is 0 Å². The van der Waals surface area contributed by atoms with Crippen molar-refractivity contribution in [3.63, 3.8) is 0 Å². The van der Waals surface area contributed by atoms with Crippen molar-refractivity contribution in [1.29, 1.82) is 0 Å². The largest absolute Gasteiger partial charge is 0.300 e. The molecule has 0 aliphatic heterocycles. The van der Waals surface area contributed by atoms with E-state index in [9.17, 15) is 9.59 Å². The van der Waals surface area contributed by atoms with Crippen LogP contribution in [0.5, 0.6) is 0 Å². The summed E-state index contributed by atoms with van der Waals surface area (Å²) in [5.41, 5.74) is 1.45. The SMILES string of the molecule is CCCC1CCC(=O)CCCC=C(C)CCCC(C)CCC1=O. The molecule has 2 atom stereocenters. The van der Waals surface area contributed by atoms with Crippen LogP contribution in [0.15, 0.2) is 11.6 Å². The molecule has 1 aliphatic rings. The maximum atomic E-state index is 12.5. The lowest BCUT2D eigenvalue weighted by molar-refractivity contribution is -0.124. The molecule has 0 heterocycles. The fraction of sp³-hybridized carbons (Fsp3) is 0.810. The zero-order chi connectivity index (χ0) is 17.1. The van der Waals surface area contributed by atoms with E-state index in [1.54, 1.807) is 0 Å². The van der Waals surface area contributed by atoms with Gasteiger partial charge in [-0.05, 0) is 57.8 Å². The van der Waals surface area contributed by atoms with E-state index < -0.39 is 0 Å². The van der Waals surface area contributed by atoms with Crippen molar-refractivity contribution >= 4 is 11.6 Å². The van der Waals surface area contributed by atoms with E-state index in [0.29, 0.717) is 36.7 Å². The first-order chi connectivity index (χ1) is 11.0. The molecule has 0 N–H and O–H groups in total. The Hall–Kier alpha value is -0.920. The average molecular weight is 321 g/mol. The Morgan fingerprint density at radius 3 is 2.52 bits per heavy atom. The molecule has 132 valence electrons. The standard InChI is InChI=1S/C21H36O2/c1-4-8-19-14-15-20(22)12-6-5-9-17(2)10-7-11-18(3)13-16-21(19)23/h9,18-19H,4-8,10-16H2,1-3H3. The molecule has 0 saturated heterocycles. The summed E-state index contributed by atoms with van der Waals surface area (Å²) in [4.78, 5) is 24.5. The molecule has 0 fully saturated rings. The summed E-state index contributed by atoms with van der Waals surface area (Å²) in [5.74, 6) is 1.48. The lowest BCUT2D eigenvalue weighted by Gasteiger charge is -2.17. The fourth-order valence-electron chi connectivity index (χ4n) is 3.49. The number of rotatable bonds is 2. The molecule has 2 heteroatoms. The number of Topliss-reactive ketones (excluding diaryl/α,β-unsaturated/α-hetero) is 2. The highest BCUT2D eigenvalue weighted by atomic mass is 16.1. The van der Waals surface area contributed by atoms with Crippen LogP contribution in [0.1, 0.15) is 97.8 Å². The van der Waals surface area contributed by atoms with Gasteiger partial charge in [0, 0.05) is 25.2 Å². The minimum absolute atomic E-state index is 0.117. The second-order valence-electron chi connectivity index (χ2n) is 7.51. The van der Waals surface area contributed by atoms with Crippen molar-refractivity contribution in [1.82, 2.24) is 0 Å². The van der Waals surface area contributed by atoms with Crippen LogP contribution >= 0.6 is 0 Å². The number of hydrogen-bond donors (Lipinski definition) is 0. The average Bonchev–Trinajstić information content (AvgIpc) is 2.52. The molecule has 0 radical (unpaired) electrons. The summed E-state index contributed by atoms with van der Waals surface area (Å²) in [7, 11) is 0. The maximum Gasteiger partial charge on any atom is 0.135 e. The molecule has 0 saturated carbocycles. The van der Waals surface area contributed by atoms with E-state index in [0.717, 1.165) is 44.9 Å². The predicted octanol–water partition coefficient (Wildman–Crippen LogP) is 6.04. The van der Waals surface area contributed by atoms with Crippen LogP contribution in [0.25, 0.3) is 0 Å². The first-order valence-electron chi connectivity index (χ1n) is 9.73. The number of ketones is 2. The number of carbonyl (C=O) groups excluding carboxylic acids is 2. The van der Waals surface area contributed by atoms with Gasteiger partial charge in [0.2, 0.25) is 0 Å². The Kier molecular flexibility index (Phi) is 10.1. The van der Waals surface area contributed by atoms with Crippen molar-refractivity contribution in [2.75, 3.05) is 0 Å². The van der Waals surface area contributed by atoms with Crippen molar-refractivity contribution in [2.45, 2.75) is 97.8 Å². The quantitative estimate of drug-likeness (QED) is 0.581. The normalized spacial score (nSPS) is 26.8. The summed E-state index contributed by atoms with van der Waals surface area (Å²) in [6, 6.07) is 0. The molecule has 2 unspecified atom stereocenters. The summed E-state index contributed by atoms with van der Waals surface area (Å²) in [5, 5.41) is 0. The second-order valence-corrected chi connectivity index (χ2v) is 7.51. The van der Waals surface area contributed by atoms with Crippen molar-refractivity contribution in [2.24, 2.45) is 11.8 Å². The van der Waals surface area contributed by atoms with Crippen LogP contribution in [-0.4, -0.2) is 11.6 Å². The Morgan fingerprint density at radius 2 is 1.78 bits per heavy atom. The van der Waals surface area contributed by atoms with Gasteiger partial charge in [0.25, 0.3) is 0 Å². The van der Waals surface area contributed by atoms with Crippen LogP contribution in [-0.2, 0) is 9.59 Å². The van der Waals surface area contributed by atoms with Gasteiger partial charge in [0.05, 0.1) is 0 Å². The van der Waals surface area contributed by atoms with E-state index in [-0.39, 0.29) is 5.92 Å². The first-order valence-corrected chi connectivity index (χ1v) is 9.73. The minimum atomic E-state index is 0.117. The van der Waals surface area contributed by atoms with E-state index in [4.69, 9.17) is 0 Å². The van der Waals surface area contributed by atoms with Gasteiger partial charge in [0.15, 0.2) is 0 Å². The third-order valence-electron chi connectivity index (χ3n) is 5.17. The van der Waals surface area contributed by atoms with Crippen LogP contribution < -0.4 is 0 Å². The molecule has 2 nitrogen and oxygen atoms in total. The van der Waals surface area contributed by atoms with Gasteiger partial charge in [-0.15, -0.1) is 0 Å². The minimum Gasteiger partial charge on any atom is -0.300 e. The molecule has 1 rings (SSSR count). The molecular weight excluding hydrogens is 284 g/mol. The highest BCUT2D eigenvalue weighted by molar-refractivity contribution is 5.83. The van der Waals surface area contributed by atoms with Crippen LogP contribution in [0.4, 0.5) is 0 Å². The second kappa shape index (κ2) is 11.6. The smallest absolute Gasteiger partial charge is 0.135 e. The monoisotopic (exact) mass is 320 g/mol. The predicted molar refractivity (Wildman–Crippen MR) is 97.5 cm³/mol. The molecule has 0 bridgehead atoms. The molecule has 0 aromatic carbocycles. The van der Waals surface area contributed by atoms with Crippen molar-refractivity contribution < 1.29 is 9.59 Å². The highest BCUT2D eigenvalue weighted by Gasteiger charge is 2.19. The first kappa shape index (κ1) is 20.1. The van der Waals surface area contributed by atoms with Gasteiger partial charge in [0.1, 0.15) is 11.6 Å². The van der Waals surface area contributed by atoms with Crippen molar-refractivity contribution in [3.05, 3.63) is 11.6 Å². The Morgan fingerprint density at radius 1 is 1.00 bits per heavy atom. The molecule has 0 amide bonds. The molecule has 0 aromatic heterocycles. The van der Waals surface area contributed by atoms with Gasteiger partial charge in [-0.2, -0.15) is 0 Å². The summed E-state index contributed by atoms with van der Waals surface area (Å²) in [6.07, 6.45) is 13.6. The van der Waals surface area contributed by atoms with Crippen LogP contribution in [0.2, 0.25) is 0 Å². The summed E-state index contributed by atoms with van der Waals surface area (Å²) < 4.78 is 0. The Balaban J connectivity index is 2.63. The molecule has 0 aromatic rings. The number of allylic oxidation sites excluding steroid dienone is 2. The van der Waals surface area contributed by atoms with Gasteiger partial charge in [-0.25, -0.2) is 0 Å². The summed E-state index contributed by atoms with van der Waals surface area (Å²) >= 11 is 0. The van der Waals surface area contributed by atoms with Crippen LogP contribution in [0.3, 0.4) is 0 Å². The maximum absolute atomic E-state index is 12.5. The zero-order valence-corrected chi connectivity index (χ0v) is 15.5. The lowest BCUT2D eigenvalue weighted by Crippen LogP contribution is -2.17. The van der Waals surface area contributed by atoms with Gasteiger partial charge < -0.3 is 0 Å². The molecule has 1 aliphatic carbocycles. The Labute approximate surface area is 143 Å². The fourth-order valence-corrected chi connectivity index (χ4v) is 3.49. The Bertz CT molecular complexity index is 395. The zero-order valence-electron chi connectivity index (χ0n) is 15.5. The lowest BCUT2D eigenvalue weighted by atomic mass is 9.87. The van der Waals surface area contributed by atoms with Crippen LogP contribution in [0, 0.1) is 11.8 Å². The highest BCUT2D eigenvalue weighted by Crippen LogP contribution is 2.23. The third-order valence-corrected chi connectivity index (χ3v) is 5.17. The third kappa shape index (κ3) is 9.07. The number of carbonyl (C=O) groups is 2.